The van der Waals surface area contributed by atoms with Crippen molar-refractivity contribution in [2.24, 2.45) is 0 Å². The lowest BCUT2D eigenvalue weighted by Gasteiger charge is -2.09. The van der Waals surface area contributed by atoms with Crippen molar-refractivity contribution < 1.29 is 18.8 Å². The van der Waals surface area contributed by atoms with Gasteiger partial charge in [0.25, 0.3) is 11.8 Å². The Morgan fingerprint density at radius 3 is 2.54 bits per heavy atom. The zero-order chi connectivity index (χ0) is 17.3. The molecule has 122 valence electrons. The SMILES string of the molecule is CN1C(=O)c2cccc(NC(=O)CSc3ccc(F)cc3)c2C1=O. The Bertz CT molecular complexity index is 836. The number of halogens is 1. The highest BCUT2D eigenvalue weighted by Crippen LogP contribution is 2.28. The average molecular weight is 344 g/mol. The summed E-state index contributed by atoms with van der Waals surface area (Å²) in [6.07, 6.45) is 0. The van der Waals surface area contributed by atoms with E-state index in [1.165, 1.54) is 30.9 Å². The molecule has 2 aromatic carbocycles. The second-order valence-electron chi connectivity index (χ2n) is 5.19. The molecule has 0 aromatic heterocycles. The van der Waals surface area contributed by atoms with Crippen LogP contribution in [-0.4, -0.2) is 35.4 Å². The van der Waals surface area contributed by atoms with Gasteiger partial charge in [0.2, 0.25) is 5.91 Å². The van der Waals surface area contributed by atoms with E-state index in [4.69, 9.17) is 0 Å². The highest BCUT2D eigenvalue weighted by atomic mass is 32.2. The number of fused-ring (bicyclic) bond motifs is 1. The van der Waals surface area contributed by atoms with Gasteiger partial charge in [-0.15, -0.1) is 11.8 Å². The number of imide groups is 1. The molecule has 1 N–H and O–H groups in total. The van der Waals surface area contributed by atoms with Crippen LogP contribution in [0.15, 0.2) is 47.4 Å². The van der Waals surface area contributed by atoms with Crippen molar-refractivity contribution in [1.29, 1.82) is 0 Å². The standard InChI is InChI=1S/C17H13FN2O3S/c1-20-16(22)12-3-2-4-13(15(12)17(20)23)19-14(21)9-24-11-7-5-10(18)6-8-11/h2-8H,9H2,1H3,(H,19,21). The lowest BCUT2D eigenvalue weighted by Crippen LogP contribution is -2.24. The lowest BCUT2D eigenvalue weighted by atomic mass is 10.1. The summed E-state index contributed by atoms with van der Waals surface area (Å²) in [4.78, 5) is 38.0. The Labute approximate surface area is 141 Å². The summed E-state index contributed by atoms with van der Waals surface area (Å²) in [5, 5.41) is 2.66. The third-order valence-corrected chi connectivity index (χ3v) is 4.59. The van der Waals surface area contributed by atoms with Crippen LogP contribution < -0.4 is 5.32 Å². The summed E-state index contributed by atoms with van der Waals surface area (Å²) < 4.78 is 12.8. The van der Waals surface area contributed by atoms with E-state index < -0.39 is 5.91 Å². The molecule has 5 nitrogen and oxygen atoms in total. The fraction of sp³-hybridized carbons (Fsp3) is 0.118. The predicted octanol–water partition coefficient (Wildman–Crippen LogP) is 2.78. The molecule has 1 aliphatic heterocycles. The highest BCUT2D eigenvalue weighted by Gasteiger charge is 2.35. The van der Waals surface area contributed by atoms with Gasteiger partial charge in [-0.2, -0.15) is 0 Å². The summed E-state index contributed by atoms with van der Waals surface area (Å²) in [6, 6.07) is 10.6. The number of rotatable bonds is 4. The second-order valence-corrected chi connectivity index (χ2v) is 6.24. The van der Waals surface area contributed by atoms with Crippen LogP contribution in [0.5, 0.6) is 0 Å². The van der Waals surface area contributed by atoms with Gasteiger partial charge < -0.3 is 5.32 Å². The first-order valence-corrected chi connectivity index (χ1v) is 8.09. The maximum atomic E-state index is 12.8. The molecule has 0 bridgehead atoms. The van der Waals surface area contributed by atoms with Crippen molar-refractivity contribution in [3.05, 3.63) is 59.4 Å². The fourth-order valence-electron chi connectivity index (χ4n) is 2.37. The van der Waals surface area contributed by atoms with Gasteiger partial charge in [0, 0.05) is 11.9 Å². The normalized spacial score (nSPS) is 13.2. The van der Waals surface area contributed by atoms with Crippen molar-refractivity contribution in [2.45, 2.75) is 4.90 Å². The molecule has 0 saturated heterocycles. The van der Waals surface area contributed by atoms with Gasteiger partial charge in [-0.3, -0.25) is 19.3 Å². The third-order valence-electron chi connectivity index (χ3n) is 3.58. The number of carbonyl (C=O) groups is 3. The first-order valence-electron chi connectivity index (χ1n) is 7.11. The molecule has 0 saturated carbocycles. The van der Waals surface area contributed by atoms with Gasteiger partial charge in [0.15, 0.2) is 0 Å². The first-order chi connectivity index (χ1) is 11.5. The van der Waals surface area contributed by atoms with Crippen LogP contribution in [0.2, 0.25) is 0 Å². The highest BCUT2D eigenvalue weighted by molar-refractivity contribution is 8.00. The Morgan fingerprint density at radius 2 is 1.83 bits per heavy atom. The van der Waals surface area contributed by atoms with Crippen LogP contribution in [0.1, 0.15) is 20.7 Å². The maximum absolute atomic E-state index is 12.8. The minimum Gasteiger partial charge on any atom is -0.325 e. The number of amides is 3. The van der Waals surface area contributed by atoms with Crippen LogP contribution in [0.25, 0.3) is 0 Å². The zero-order valence-corrected chi connectivity index (χ0v) is 13.5. The number of anilines is 1. The molecule has 1 aliphatic rings. The van der Waals surface area contributed by atoms with E-state index in [1.807, 2.05) is 0 Å². The molecule has 0 radical (unpaired) electrons. The van der Waals surface area contributed by atoms with Crippen molar-refractivity contribution >= 4 is 35.2 Å². The van der Waals surface area contributed by atoms with E-state index in [1.54, 1.807) is 30.3 Å². The Hall–Kier alpha value is -2.67. The van der Waals surface area contributed by atoms with Crippen LogP contribution >= 0.6 is 11.8 Å². The minimum atomic E-state index is -0.433. The molecule has 24 heavy (non-hydrogen) atoms. The van der Waals surface area contributed by atoms with Crippen molar-refractivity contribution in [1.82, 2.24) is 4.90 Å². The first kappa shape index (κ1) is 16.2. The Balaban J connectivity index is 1.71. The van der Waals surface area contributed by atoms with Gasteiger partial charge in [-0.05, 0) is 36.4 Å². The van der Waals surface area contributed by atoms with E-state index in [0.717, 1.165) is 9.80 Å². The van der Waals surface area contributed by atoms with Gasteiger partial charge in [0.1, 0.15) is 5.82 Å². The summed E-state index contributed by atoms with van der Waals surface area (Å²) in [5.41, 5.74) is 0.816. The van der Waals surface area contributed by atoms with Crippen molar-refractivity contribution in [2.75, 3.05) is 18.1 Å². The molecule has 1 heterocycles. The van der Waals surface area contributed by atoms with E-state index in [2.05, 4.69) is 5.32 Å². The molecule has 0 unspecified atom stereocenters. The largest absolute Gasteiger partial charge is 0.325 e. The van der Waals surface area contributed by atoms with Crippen LogP contribution in [-0.2, 0) is 4.79 Å². The maximum Gasteiger partial charge on any atom is 0.263 e. The van der Waals surface area contributed by atoms with Crippen molar-refractivity contribution in [3.63, 3.8) is 0 Å². The molecule has 0 fully saturated rings. The zero-order valence-electron chi connectivity index (χ0n) is 12.7. The molecule has 0 atom stereocenters. The van der Waals surface area contributed by atoms with E-state index >= 15 is 0 Å². The fourth-order valence-corrected chi connectivity index (χ4v) is 3.07. The summed E-state index contributed by atoms with van der Waals surface area (Å²) >= 11 is 1.25. The monoisotopic (exact) mass is 344 g/mol. The van der Waals surface area contributed by atoms with Gasteiger partial charge >= 0.3 is 0 Å². The molecule has 7 heteroatoms. The van der Waals surface area contributed by atoms with Crippen LogP contribution in [0.4, 0.5) is 10.1 Å². The number of hydrogen-bond acceptors (Lipinski definition) is 4. The number of carbonyl (C=O) groups excluding carboxylic acids is 3. The van der Waals surface area contributed by atoms with E-state index in [9.17, 15) is 18.8 Å². The smallest absolute Gasteiger partial charge is 0.263 e. The van der Waals surface area contributed by atoms with Crippen LogP contribution in [0, 0.1) is 5.82 Å². The number of nitrogens with one attached hydrogen (secondary N) is 1. The number of thioether (sulfide) groups is 1. The lowest BCUT2D eigenvalue weighted by molar-refractivity contribution is -0.113. The number of benzene rings is 2. The molecule has 2 aromatic rings. The molecular weight excluding hydrogens is 331 g/mol. The minimum absolute atomic E-state index is 0.104. The Kier molecular flexibility index (Phi) is 4.35. The molecule has 3 amide bonds. The van der Waals surface area contributed by atoms with Crippen LogP contribution in [0.3, 0.4) is 0 Å². The van der Waals surface area contributed by atoms with E-state index in [-0.39, 0.29) is 34.5 Å². The summed E-state index contributed by atoms with van der Waals surface area (Å²) in [7, 11) is 1.40. The molecule has 3 rings (SSSR count). The second kappa shape index (κ2) is 6.45. The number of hydrogen-bond donors (Lipinski definition) is 1. The molecular formula is C17H13FN2O3S. The Morgan fingerprint density at radius 1 is 1.12 bits per heavy atom. The molecule has 0 aliphatic carbocycles. The van der Waals surface area contributed by atoms with E-state index in [0.29, 0.717) is 5.69 Å². The predicted molar refractivity (Wildman–Crippen MR) is 88.6 cm³/mol. The van der Waals surface area contributed by atoms with Gasteiger partial charge in [-0.1, -0.05) is 6.07 Å². The number of nitrogens with zero attached hydrogens (tertiary/aromatic N) is 1. The van der Waals surface area contributed by atoms with Gasteiger partial charge in [-0.25, -0.2) is 4.39 Å². The third kappa shape index (κ3) is 3.03. The molecule has 0 spiro atoms. The topological polar surface area (TPSA) is 66.5 Å². The van der Waals surface area contributed by atoms with Crippen molar-refractivity contribution in [3.8, 4) is 0 Å². The van der Waals surface area contributed by atoms with Gasteiger partial charge in [0.05, 0.1) is 22.6 Å². The quantitative estimate of drug-likeness (QED) is 0.684. The summed E-state index contributed by atoms with van der Waals surface area (Å²) in [6.45, 7) is 0. The average Bonchev–Trinajstić information content (AvgIpc) is 2.80. The summed E-state index contributed by atoms with van der Waals surface area (Å²) in [5.74, 6) is -1.36.